The van der Waals surface area contributed by atoms with Crippen LogP contribution in [0.2, 0.25) is 0 Å². The van der Waals surface area contributed by atoms with E-state index in [1.165, 1.54) is 42.5 Å². The number of benzene rings is 4. The third-order valence-corrected chi connectivity index (χ3v) is 7.23. The van der Waals surface area contributed by atoms with Gasteiger partial charge in [-0.25, -0.2) is 0 Å². The summed E-state index contributed by atoms with van der Waals surface area (Å²) in [6.45, 7) is 0. The molecule has 1 aliphatic carbocycles. The first-order valence-corrected chi connectivity index (χ1v) is 14.3. The van der Waals surface area contributed by atoms with Gasteiger partial charge < -0.3 is 22.9 Å². The van der Waals surface area contributed by atoms with Gasteiger partial charge in [0, 0.05) is 16.9 Å². The number of carbonyl (C=O) groups is 1. The zero-order valence-electron chi connectivity index (χ0n) is 23.1. The first-order valence-electron chi connectivity index (χ1n) is 12.8. The molecule has 45 heavy (non-hydrogen) atoms. The highest BCUT2D eigenvalue weighted by atomic mass is 32.2. The Morgan fingerprint density at radius 1 is 0.756 bits per heavy atom. The van der Waals surface area contributed by atoms with Gasteiger partial charge in [0.2, 0.25) is 5.78 Å². The number of Topliss-reactive ketones (excluding diaryl/α,β-unsaturated/α-hetero) is 1. The van der Waals surface area contributed by atoms with Gasteiger partial charge in [0.25, 0.3) is 10.1 Å². The fourth-order valence-corrected chi connectivity index (χ4v) is 4.79. The summed E-state index contributed by atoms with van der Waals surface area (Å²) in [6, 6.07) is 19.6. The summed E-state index contributed by atoms with van der Waals surface area (Å²) in [5.74, 6) is -0.595. The van der Waals surface area contributed by atoms with Gasteiger partial charge in [0.1, 0.15) is 33.7 Å². The predicted octanol–water partition coefficient (Wildman–Crippen LogP) is 5.66. The molecule has 0 heterocycles. The Morgan fingerprint density at radius 2 is 1.36 bits per heavy atom. The second kappa shape index (κ2) is 12.0. The minimum absolute atomic E-state index is 0.0365. The number of allylic oxidation sites excluding steroid dienone is 1. The maximum Gasteiger partial charge on any atom is 0.296 e. The van der Waals surface area contributed by atoms with E-state index in [1.54, 1.807) is 30.3 Å². The van der Waals surface area contributed by atoms with Crippen LogP contribution in [0.3, 0.4) is 0 Å². The minimum atomic E-state index is -4.78. The number of azo groups is 2. The van der Waals surface area contributed by atoms with Gasteiger partial charge in [0.05, 0.1) is 28.3 Å². The molecule has 4 aromatic carbocycles. The third kappa shape index (κ3) is 6.64. The Balaban J connectivity index is 1.43. The van der Waals surface area contributed by atoms with Gasteiger partial charge >= 0.3 is 0 Å². The lowest BCUT2D eigenvalue weighted by Gasteiger charge is -2.14. The van der Waals surface area contributed by atoms with Crippen LogP contribution >= 0.6 is 0 Å². The molecule has 15 nitrogen and oxygen atoms in total. The van der Waals surface area contributed by atoms with Crippen LogP contribution in [-0.4, -0.2) is 24.5 Å². The van der Waals surface area contributed by atoms with Crippen LogP contribution in [0.25, 0.3) is 6.08 Å². The minimum Gasteiger partial charge on any atom is -0.399 e. The highest BCUT2D eigenvalue weighted by Crippen LogP contribution is 2.33. The summed E-state index contributed by atoms with van der Waals surface area (Å²) in [4.78, 5) is 12.8. The number of carbonyl (C=O) groups excluding carboxylic acids is 1. The van der Waals surface area contributed by atoms with Crippen molar-refractivity contribution in [1.82, 2.24) is 0 Å². The number of hydrazone groups is 1. The number of rotatable bonds is 7. The highest BCUT2D eigenvalue weighted by molar-refractivity contribution is 7.86. The molecule has 4 aromatic rings. The summed E-state index contributed by atoms with van der Waals surface area (Å²) in [5.41, 5.74) is 28.4. The standard InChI is InChI=1S/C29H23N11O4S/c30-14-16-9-15-1-4-19(35-37-24-6-2-17(31)10-22(24)33)12-21(15)29(41)28(16)40-36-20-5-8-26(27(13-20)45(42,43)44)39-38-25-7-3-18(32)11-23(25)34/h1-13,36H,31-34H2,(H,42,43,44)/b37-35+,39-38+,40-28-. The molecule has 1 aliphatic rings. The van der Waals surface area contributed by atoms with E-state index < -0.39 is 20.8 Å². The number of hydrogen-bond donors (Lipinski definition) is 6. The summed E-state index contributed by atoms with van der Waals surface area (Å²) in [6.07, 6.45) is 1.48. The van der Waals surface area contributed by atoms with Gasteiger partial charge in [-0.05, 0) is 78.4 Å². The first kappa shape index (κ1) is 30.0. The monoisotopic (exact) mass is 621 g/mol. The maximum atomic E-state index is 13.4. The largest absolute Gasteiger partial charge is 0.399 e. The van der Waals surface area contributed by atoms with E-state index in [-0.39, 0.29) is 39.6 Å². The van der Waals surface area contributed by atoms with Crippen LogP contribution in [0.5, 0.6) is 0 Å². The maximum absolute atomic E-state index is 13.4. The van der Waals surface area contributed by atoms with Gasteiger partial charge in [0.15, 0.2) is 0 Å². The number of fused-ring (bicyclic) bond motifs is 1. The molecular weight excluding hydrogens is 598 g/mol. The quantitative estimate of drug-likeness (QED) is 0.0636. The van der Waals surface area contributed by atoms with E-state index in [0.29, 0.717) is 34.0 Å². The van der Waals surface area contributed by atoms with E-state index >= 15 is 0 Å². The molecule has 0 atom stereocenters. The van der Waals surface area contributed by atoms with Crippen LogP contribution in [0.4, 0.5) is 51.2 Å². The number of nitriles is 1. The summed E-state index contributed by atoms with van der Waals surface area (Å²) < 4.78 is 34.1. The van der Waals surface area contributed by atoms with Crippen molar-refractivity contribution < 1.29 is 17.8 Å². The SMILES string of the molecule is N#CC1=Cc2ccc(/N=N/c3ccc(N)cc3N)cc2C(=O)/C1=N\Nc1ccc(/N=N/c2ccc(N)cc2N)c(S(=O)(=O)O)c1. The molecule has 0 aromatic heterocycles. The highest BCUT2D eigenvalue weighted by Gasteiger charge is 2.27. The van der Waals surface area contributed by atoms with Crippen LogP contribution in [0.1, 0.15) is 15.9 Å². The smallest absolute Gasteiger partial charge is 0.296 e. The number of anilines is 5. The fourth-order valence-electron chi connectivity index (χ4n) is 4.14. The van der Waals surface area contributed by atoms with E-state index in [2.05, 4.69) is 31.0 Å². The molecule has 0 saturated heterocycles. The Kier molecular flexibility index (Phi) is 8.04. The molecule has 0 spiro atoms. The van der Waals surface area contributed by atoms with E-state index in [9.17, 15) is 23.0 Å². The number of hydrogen-bond acceptors (Lipinski definition) is 14. The van der Waals surface area contributed by atoms with Crippen LogP contribution in [-0.2, 0) is 10.1 Å². The van der Waals surface area contributed by atoms with Crippen molar-refractivity contribution in [2.45, 2.75) is 4.90 Å². The first-order chi connectivity index (χ1) is 21.4. The number of nitrogen functional groups attached to an aromatic ring is 4. The average molecular weight is 622 g/mol. The number of nitrogens with two attached hydrogens (primary N) is 4. The lowest BCUT2D eigenvalue weighted by atomic mass is 9.89. The molecule has 0 fully saturated rings. The Bertz CT molecular complexity index is 2150. The lowest BCUT2D eigenvalue weighted by Crippen LogP contribution is -2.22. The number of nitrogens with one attached hydrogen (secondary N) is 1. The van der Waals surface area contributed by atoms with Crippen molar-refractivity contribution in [3.63, 3.8) is 0 Å². The molecule has 0 saturated carbocycles. The van der Waals surface area contributed by atoms with Gasteiger partial charge in [-0.1, -0.05) is 6.07 Å². The summed E-state index contributed by atoms with van der Waals surface area (Å²) in [7, 11) is -4.78. The predicted molar refractivity (Wildman–Crippen MR) is 171 cm³/mol. The number of ketones is 1. The van der Waals surface area contributed by atoms with Gasteiger partial charge in [-0.3, -0.25) is 14.8 Å². The van der Waals surface area contributed by atoms with E-state index in [0.717, 1.165) is 6.07 Å². The summed E-state index contributed by atoms with van der Waals surface area (Å²) >= 11 is 0. The van der Waals surface area contributed by atoms with Crippen molar-refractivity contribution in [3.05, 3.63) is 89.5 Å². The topological polar surface area (TPSA) is 273 Å². The van der Waals surface area contributed by atoms with E-state index in [1.807, 2.05) is 6.07 Å². The molecule has 224 valence electrons. The van der Waals surface area contributed by atoms with Gasteiger partial charge in [-0.15, -0.1) is 15.3 Å². The van der Waals surface area contributed by atoms with Crippen LogP contribution in [0, 0.1) is 11.3 Å². The van der Waals surface area contributed by atoms with Crippen LogP contribution < -0.4 is 28.4 Å². The molecule has 5 rings (SSSR count). The number of nitrogens with zero attached hydrogens (tertiary/aromatic N) is 6. The van der Waals surface area contributed by atoms with Crippen LogP contribution in [0.15, 0.2) is 109 Å². The molecule has 0 amide bonds. The molecule has 0 radical (unpaired) electrons. The second-order valence-corrected chi connectivity index (χ2v) is 10.9. The second-order valence-electron chi connectivity index (χ2n) is 9.54. The molecular formula is C29H23N11O4S. The Morgan fingerprint density at radius 3 is 1.96 bits per heavy atom. The zero-order valence-corrected chi connectivity index (χ0v) is 23.9. The molecule has 0 bridgehead atoms. The normalized spacial score (nSPS) is 14.0. The lowest BCUT2D eigenvalue weighted by molar-refractivity contribution is 0.106. The van der Waals surface area contributed by atoms with Gasteiger partial charge in [-0.2, -0.15) is 23.9 Å². The van der Waals surface area contributed by atoms with Crippen molar-refractivity contribution in [2.24, 2.45) is 25.6 Å². The van der Waals surface area contributed by atoms with Crippen molar-refractivity contribution in [2.75, 3.05) is 28.4 Å². The average Bonchev–Trinajstić information content (AvgIpc) is 2.99. The zero-order chi connectivity index (χ0) is 32.3. The van der Waals surface area contributed by atoms with Crippen molar-refractivity contribution in [3.8, 4) is 6.07 Å². The summed E-state index contributed by atoms with van der Waals surface area (Å²) in [5, 5.41) is 29.9. The Hall–Kier alpha value is -6.44. The van der Waals surface area contributed by atoms with Crippen molar-refractivity contribution >= 4 is 78.9 Å². The molecule has 16 heteroatoms. The third-order valence-electron chi connectivity index (χ3n) is 6.35. The fraction of sp³-hybridized carbons (Fsp3) is 0. The molecule has 0 unspecified atom stereocenters. The molecule has 0 aliphatic heterocycles. The van der Waals surface area contributed by atoms with E-state index in [4.69, 9.17) is 22.9 Å². The Labute approximate surface area is 256 Å². The molecule has 10 N–H and O–H groups in total. The van der Waals surface area contributed by atoms with Crippen molar-refractivity contribution in [1.29, 1.82) is 5.26 Å².